The lowest BCUT2D eigenvalue weighted by Crippen LogP contribution is -2.26. The summed E-state index contributed by atoms with van der Waals surface area (Å²) in [5.74, 6) is 2.63. The second kappa shape index (κ2) is 10.4. The lowest BCUT2D eigenvalue weighted by atomic mass is 10.1. The minimum absolute atomic E-state index is 0.0268. The van der Waals surface area contributed by atoms with E-state index >= 15 is 0 Å². The molecule has 2 aromatic carbocycles. The van der Waals surface area contributed by atoms with Gasteiger partial charge in [0, 0.05) is 36.6 Å². The molecule has 1 heterocycles. The second-order valence-corrected chi connectivity index (χ2v) is 8.50. The summed E-state index contributed by atoms with van der Waals surface area (Å²) in [7, 11) is 0. The molecule has 0 radical (unpaired) electrons. The molecule has 0 atom stereocenters. The molecule has 0 aliphatic rings. The number of thioether (sulfide) groups is 1. The Morgan fingerprint density at radius 1 is 1.10 bits per heavy atom. The van der Waals surface area contributed by atoms with Crippen molar-refractivity contribution in [2.45, 2.75) is 32.6 Å². The molecule has 0 bridgehead atoms. The minimum Gasteiger partial charge on any atom is -0.355 e. The molecule has 0 aliphatic heterocycles. The number of carbonyl (C=O) groups is 1. The quantitative estimate of drug-likeness (QED) is 0.386. The van der Waals surface area contributed by atoms with Crippen LogP contribution >= 0.6 is 24.0 Å². The fraction of sp³-hybridized carbons (Fsp3) is 0.318. The molecule has 29 heavy (non-hydrogen) atoms. The smallest absolute Gasteiger partial charge is 0.221 e. The van der Waals surface area contributed by atoms with Crippen LogP contribution in [0.3, 0.4) is 0 Å². The summed E-state index contributed by atoms with van der Waals surface area (Å²) >= 11 is 7.16. The number of nitrogens with zero attached hydrogens (tertiary/aromatic N) is 2. The molecule has 3 aromatic rings. The maximum absolute atomic E-state index is 12.2. The maximum Gasteiger partial charge on any atom is 0.221 e. The largest absolute Gasteiger partial charge is 0.355 e. The molecule has 0 saturated heterocycles. The Bertz CT molecular complexity index is 991. The predicted molar refractivity (Wildman–Crippen MR) is 123 cm³/mol. The third-order valence-corrected chi connectivity index (χ3v) is 5.93. The number of nitrogens with one attached hydrogen (secondary N) is 2. The molecule has 3 rings (SSSR count). The number of hydrogen-bond donors (Lipinski definition) is 2. The van der Waals surface area contributed by atoms with Gasteiger partial charge in [0.2, 0.25) is 5.91 Å². The zero-order valence-corrected chi connectivity index (χ0v) is 18.4. The number of amides is 1. The van der Waals surface area contributed by atoms with Crippen LogP contribution in [0.4, 0.5) is 0 Å². The summed E-state index contributed by atoms with van der Waals surface area (Å²) in [5, 5.41) is 10.1. The van der Waals surface area contributed by atoms with Crippen molar-refractivity contribution in [2.24, 2.45) is 0 Å². The Kier molecular flexibility index (Phi) is 7.66. The van der Waals surface area contributed by atoms with Crippen LogP contribution in [-0.4, -0.2) is 33.0 Å². The number of aromatic amines is 1. The van der Waals surface area contributed by atoms with Crippen molar-refractivity contribution in [3.63, 3.8) is 0 Å². The molecule has 0 spiro atoms. The first kappa shape index (κ1) is 21.3. The molecule has 2 N–H and O–H groups in total. The Morgan fingerprint density at radius 3 is 2.45 bits per heavy atom. The molecule has 0 fully saturated rings. The molecule has 5 nitrogen and oxygen atoms in total. The van der Waals surface area contributed by atoms with Gasteiger partial charge in [0.15, 0.2) is 10.6 Å². The van der Waals surface area contributed by atoms with Crippen molar-refractivity contribution in [2.75, 3.05) is 12.3 Å². The SMILES string of the molecule is Cc1ccc(CSCCNC(=O)CCn2c(-c3ccc(C)cc3)n[nH]c2=S)cc1. The van der Waals surface area contributed by atoms with Crippen molar-refractivity contribution in [1.29, 1.82) is 0 Å². The second-order valence-electron chi connectivity index (χ2n) is 7.01. The molecule has 0 aliphatic carbocycles. The molecule has 7 heteroatoms. The first-order chi connectivity index (χ1) is 14.0. The van der Waals surface area contributed by atoms with E-state index in [-0.39, 0.29) is 5.91 Å². The minimum atomic E-state index is 0.0268. The van der Waals surface area contributed by atoms with Gasteiger partial charge in [0.1, 0.15) is 0 Å². The summed E-state index contributed by atoms with van der Waals surface area (Å²) in [4.78, 5) is 12.2. The van der Waals surface area contributed by atoms with Crippen LogP contribution in [0.15, 0.2) is 48.5 Å². The van der Waals surface area contributed by atoms with Gasteiger partial charge in [-0.2, -0.15) is 16.9 Å². The van der Waals surface area contributed by atoms with E-state index in [1.54, 1.807) is 0 Å². The average molecular weight is 427 g/mol. The number of rotatable bonds is 9. The molecule has 1 amide bonds. The fourth-order valence-corrected chi connectivity index (χ4v) is 3.93. The molecule has 0 saturated carbocycles. The zero-order valence-electron chi connectivity index (χ0n) is 16.8. The van der Waals surface area contributed by atoms with Crippen molar-refractivity contribution < 1.29 is 4.79 Å². The van der Waals surface area contributed by atoms with E-state index in [1.807, 2.05) is 47.5 Å². The zero-order chi connectivity index (χ0) is 20.6. The topological polar surface area (TPSA) is 62.7 Å². The van der Waals surface area contributed by atoms with Gasteiger partial charge >= 0.3 is 0 Å². The van der Waals surface area contributed by atoms with Gasteiger partial charge in [0.25, 0.3) is 0 Å². The summed E-state index contributed by atoms with van der Waals surface area (Å²) in [6, 6.07) is 16.7. The van der Waals surface area contributed by atoms with E-state index in [4.69, 9.17) is 12.2 Å². The van der Waals surface area contributed by atoms with Crippen molar-refractivity contribution >= 4 is 29.9 Å². The number of benzene rings is 2. The molecular formula is C22H26N4OS2. The molecule has 152 valence electrons. The highest BCUT2D eigenvalue weighted by Crippen LogP contribution is 2.18. The third kappa shape index (κ3) is 6.30. The summed E-state index contributed by atoms with van der Waals surface area (Å²) in [5.41, 5.74) is 4.75. The number of H-pyrrole nitrogens is 1. The fourth-order valence-electron chi connectivity index (χ4n) is 2.89. The van der Waals surface area contributed by atoms with E-state index in [2.05, 4.69) is 46.7 Å². The molecule has 0 unspecified atom stereocenters. The Hall–Kier alpha value is -2.38. The van der Waals surface area contributed by atoms with Crippen LogP contribution in [-0.2, 0) is 17.1 Å². The number of hydrogen-bond acceptors (Lipinski definition) is 4. The molecular weight excluding hydrogens is 400 g/mol. The van der Waals surface area contributed by atoms with Crippen LogP contribution in [0.2, 0.25) is 0 Å². The van der Waals surface area contributed by atoms with Crippen LogP contribution in [0.25, 0.3) is 11.4 Å². The Morgan fingerprint density at radius 2 is 1.76 bits per heavy atom. The first-order valence-corrected chi connectivity index (χ1v) is 11.2. The van der Waals surface area contributed by atoms with E-state index in [0.717, 1.165) is 22.9 Å². The van der Waals surface area contributed by atoms with Crippen molar-refractivity contribution in [1.82, 2.24) is 20.1 Å². The number of aryl methyl sites for hydroxylation is 2. The van der Waals surface area contributed by atoms with Gasteiger partial charge in [0.05, 0.1) is 0 Å². The highest BCUT2D eigenvalue weighted by molar-refractivity contribution is 7.98. The Balaban J connectivity index is 1.43. The van der Waals surface area contributed by atoms with Crippen LogP contribution in [0.5, 0.6) is 0 Å². The summed E-state index contributed by atoms with van der Waals surface area (Å²) in [6.07, 6.45) is 0.370. The number of carbonyl (C=O) groups excluding carboxylic acids is 1. The Labute approximate surface area is 180 Å². The third-order valence-electron chi connectivity index (χ3n) is 4.59. The van der Waals surface area contributed by atoms with E-state index in [9.17, 15) is 4.79 Å². The van der Waals surface area contributed by atoms with Crippen LogP contribution in [0, 0.1) is 18.6 Å². The summed E-state index contributed by atoms with van der Waals surface area (Å²) in [6.45, 7) is 5.30. The number of aromatic nitrogens is 3. The van der Waals surface area contributed by atoms with E-state index < -0.39 is 0 Å². The van der Waals surface area contributed by atoms with E-state index in [1.165, 1.54) is 16.7 Å². The first-order valence-electron chi connectivity index (χ1n) is 9.65. The van der Waals surface area contributed by atoms with Gasteiger partial charge in [-0.15, -0.1) is 0 Å². The van der Waals surface area contributed by atoms with Crippen molar-refractivity contribution in [3.05, 3.63) is 70.0 Å². The average Bonchev–Trinajstić information content (AvgIpc) is 3.08. The lowest BCUT2D eigenvalue weighted by molar-refractivity contribution is -0.121. The van der Waals surface area contributed by atoms with Crippen LogP contribution < -0.4 is 5.32 Å². The predicted octanol–water partition coefficient (Wildman–Crippen LogP) is 4.66. The van der Waals surface area contributed by atoms with Gasteiger partial charge in [-0.3, -0.25) is 14.5 Å². The maximum atomic E-state index is 12.2. The summed E-state index contributed by atoms with van der Waals surface area (Å²) < 4.78 is 2.41. The van der Waals surface area contributed by atoms with Gasteiger partial charge in [-0.1, -0.05) is 59.7 Å². The molecule has 1 aromatic heterocycles. The van der Waals surface area contributed by atoms with Gasteiger partial charge < -0.3 is 5.32 Å². The highest BCUT2D eigenvalue weighted by Gasteiger charge is 2.10. The highest BCUT2D eigenvalue weighted by atomic mass is 32.2. The van der Waals surface area contributed by atoms with Crippen molar-refractivity contribution in [3.8, 4) is 11.4 Å². The lowest BCUT2D eigenvalue weighted by Gasteiger charge is -2.08. The monoisotopic (exact) mass is 426 g/mol. The van der Waals surface area contributed by atoms with Crippen LogP contribution in [0.1, 0.15) is 23.1 Å². The standard InChI is InChI=1S/C22H26N4OS2/c1-16-3-7-18(8-4-16)15-29-14-12-23-20(27)11-13-26-21(24-25-22(26)28)19-9-5-17(2)6-10-19/h3-10H,11-15H2,1-2H3,(H,23,27)(H,25,28). The normalized spacial score (nSPS) is 10.8. The van der Waals surface area contributed by atoms with Gasteiger partial charge in [-0.25, -0.2) is 0 Å². The van der Waals surface area contributed by atoms with Gasteiger partial charge in [-0.05, 0) is 31.6 Å². The van der Waals surface area contributed by atoms with E-state index in [0.29, 0.717) is 24.3 Å².